The van der Waals surface area contributed by atoms with Gasteiger partial charge in [0.1, 0.15) is 24.7 Å². The maximum Gasteiger partial charge on any atom is 0.138 e. The van der Waals surface area contributed by atoms with Crippen LogP contribution in [0.3, 0.4) is 0 Å². The Balaban J connectivity index is 1.64. The van der Waals surface area contributed by atoms with E-state index in [0.29, 0.717) is 0 Å². The number of nitrogens with zero attached hydrogens (tertiary/aromatic N) is 2. The van der Waals surface area contributed by atoms with E-state index in [0.717, 1.165) is 65.4 Å². The van der Waals surface area contributed by atoms with Gasteiger partial charge in [0.05, 0.1) is 30.7 Å². The largest absolute Gasteiger partial charge is 0.488 e. The molecule has 0 unspecified atom stereocenters. The lowest BCUT2D eigenvalue weighted by atomic mass is 10.2. The van der Waals surface area contributed by atoms with Crippen molar-refractivity contribution in [1.29, 1.82) is 0 Å². The third-order valence-corrected chi connectivity index (χ3v) is 5.36. The summed E-state index contributed by atoms with van der Waals surface area (Å²) >= 11 is 0. The Morgan fingerprint density at radius 2 is 1.60 bits per heavy atom. The Kier molecular flexibility index (Phi) is 5.39. The monoisotopic (exact) mass is 338 g/mol. The fourth-order valence-electron chi connectivity index (χ4n) is 3.30. The van der Waals surface area contributed by atoms with Gasteiger partial charge in [0, 0.05) is 5.56 Å². The molecule has 0 aliphatic heterocycles. The molecule has 0 bridgehead atoms. The van der Waals surface area contributed by atoms with Crippen LogP contribution in [0.2, 0.25) is 0 Å². The van der Waals surface area contributed by atoms with E-state index >= 15 is 0 Å². The maximum absolute atomic E-state index is 5.97. The van der Waals surface area contributed by atoms with Gasteiger partial charge in [-0.1, -0.05) is 12.1 Å². The lowest BCUT2D eigenvalue weighted by Crippen LogP contribution is -2.49. The molecule has 2 aromatic carbocycles. The zero-order valence-electron chi connectivity index (χ0n) is 15.5. The van der Waals surface area contributed by atoms with Crippen LogP contribution in [0, 0.1) is 0 Å². The Morgan fingerprint density at radius 1 is 0.920 bits per heavy atom. The van der Waals surface area contributed by atoms with Gasteiger partial charge in [-0.15, -0.1) is 0 Å². The number of fused-ring (bicyclic) bond motifs is 1. The summed E-state index contributed by atoms with van der Waals surface area (Å²) in [5.74, 6) is 1.81. The van der Waals surface area contributed by atoms with Crippen LogP contribution in [-0.4, -0.2) is 47.2 Å². The molecule has 4 nitrogen and oxygen atoms in total. The summed E-state index contributed by atoms with van der Waals surface area (Å²) in [6.07, 6.45) is 0. The van der Waals surface area contributed by atoms with Gasteiger partial charge in [-0.25, -0.2) is 4.98 Å². The molecule has 0 atom stereocenters. The number of H-pyrrole nitrogens is 1. The molecule has 1 aromatic heterocycles. The number of aromatic nitrogens is 2. The van der Waals surface area contributed by atoms with Crippen molar-refractivity contribution in [2.45, 2.75) is 20.8 Å². The molecule has 132 valence electrons. The second-order valence-electron chi connectivity index (χ2n) is 6.49. The van der Waals surface area contributed by atoms with Crippen LogP contribution < -0.4 is 4.74 Å². The first-order valence-electron chi connectivity index (χ1n) is 9.22. The number of hydrogen-bond donors (Lipinski definition) is 1. The van der Waals surface area contributed by atoms with Gasteiger partial charge in [0.15, 0.2) is 0 Å². The third kappa shape index (κ3) is 3.85. The average Bonchev–Trinajstić information content (AvgIpc) is 3.10. The first kappa shape index (κ1) is 17.5. The Bertz CT molecular complexity index is 762. The van der Waals surface area contributed by atoms with Crippen molar-refractivity contribution in [3.8, 4) is 17.1 Å². The predicted molar refractivity (Wildman–Crippen MR) is 104 cm³/mol. The number of hydrogen-bond acceptors (Lipinski definition) is 2. The topological polar surface area (TPSA) is 37.9 Å². The quantitative estimate of drug-likeness (QED) is 0.615. The van der Waals surface area contributed by atoms with E-state index in [2.05, 4.69) is 42.9 Å². The molecule has 1 heterocycles. The molecule has 0 saturated heterocycles. The summed E-state index contributed by atoms with van der Waals surface area (Å²) in [6.45, 7) is 12.0. The minimum atomic E-state index is 0.750. The van der Waals surface area contributed by atoms with E-state index in [1.54, 1.807) is 0 Å². The molecule has 0 saturated carbocycles. The van der Waals surface area contributed by atoms with E-state index in [1.165, 1.54) is 0 Å². The van der Waals surface area contributed by atoms with Crippen molar-refractivity contribution in [3.05, 3.63) is 48.5 Å². The molecular formula is C21H28N3O+. The summed E-state index contributed by atoms with van der Waals surface area (Å²) in [5.41, 5.74) is 3.13. The number of aromatic amines is 1. The normalized spacial score (nSPS) is 11.8. The van der Waals surface area contributed by atoms with Crippen LogP contribution in [0.5, 0.6) is 5.75 Å². The van der Waals surface area contributed by atoms with Crippen molar-refractivity contribution >= 4 is 11.0 Å². The summed E-state index contributed by atoms with van der Waals surface area (Å²) in [7, 11) is 0. The van der Waals surface area contributed by atoms with Crippen molar-refractivity contribution in [3.63, 3.8) is 0 Å². The van der Waals surface area contributed by atoms with Gasteiger partial charge in [-0.2, -0.15) is 0 Å². The number of imidazole rings is 1. The number of para-hydroxylation sites is 2. The van der Waals surface area contributed by atoms with Crippen molar-refractivity contribution in [1.82, 2.24) is 9.97 Å². The summed E-state index contributed by atoms with van der Waals surface area (Å²) in [5, 5.41) is 0. The van der Waals surface area contributed by atoms with Gasteiger partial charge < -0.3 is 14.2 Å². The fraction of sp³-hybridized carbons (Fsp3) is 0.381. The van der Waals surface area contributed by atoms with Crippen LogP contribution in [0.25, 0.3) is 22.4 Å². The highest BCUT2D eigenvalue weighted by Crippen LogP contribution is 2.23. The molecule has 0 aliphatic rings. The highest BCUT2D eigenvalue weighted by Gasteiger charge is 2.20. The molecule has 1 N–H and O–H groups in total. The van der Waals surface area contributed by atoms with E-state index in [-0.39, 0.29) is 0 Å². The van der Waals surface area contributed by atoms with Crippen LogP contribution in [0.15, 0.2) is 48.5 Å². The van der Waals surface area contributed by atoms with Crippen molar-refractivity contribution < 1.29 is 9.22 Å². The number of likely N-dealkylation sites (N-methyl/N-ethyl adjacent to an activating group) is 1. The van der Waals surface area contributed by atoms with E-state index in [1.807, 2.05) is 36.4 Å². The summed E-state index contributed by atoms with van der Waals surface area (Å²) < 4.78 is 7.08. The molecule has 0 radical (unpaired) electrons. The maximum atomic E-state index is 5.97. The Labute approximate surface area is 150 Å². The fourth-order valence-corrected chi connectivity index (χ4v) is 3.30. The number of nitrogens with one attached hydrogen (secondary N) is 1. The standard InChI is InChI=1S/C21H28N3O/c1-4-24(5-2,6-3)15-16-25-18-13-11-17(12-14-18)21-22-19-9-7-8-10-20(19)23-21/h7-14H,4-6,15-16H2,1-3H3,(H,22,23)/q+1. The van der Waals surface area contributed by atoms with Crippen molar-refractivity contribution in [2.75, 3.05) is 32.8 Å². The second kappa shape index (κ2) is 7.70. The molecule has 0 fully saturated rings. The minimum absolute atomic E-state index is 0.750. The molecule has 0 spiro atoms. The molecule has 25 heavy (non-hydrogen) atoms. The highest BCUT2D eigenvalue weighted by atomic mass is 16.5. The van der Waals surface area contributed by atoms with Crippen LogP contribution in [0.1, 0.15) is 20.8 Å². The first-order chi connectivity index (χ1) is 12.2. The summed E-state index contributed by atoms with van der Waals surface area (Å²) in [6, 6.07) is 16.3. The predicted octanol–water partition coefficient (Wildman–Crippen LogP) is 4.49. The zero-order valence-corrected chi connectivity index (χ0v) is 15.5. The zero-order chi connectivity index (χ0) is 17.7. The molecule has 4 heteroatoms. The van der Waals surface area contributed by atoms with Gasteiger partial charge in [0.25, 0.3) is 0 Å². The summed E-state index contributed by atoms with van der Waals surface area (Å²) in [4.78, 5) is 8.00. The molecule has 0 amide bonds. The number of ether oxygens (including phenoxy) is 1. The lowest BCUT2D eigenvalue weighted by Gasteiger charge is -2.35. The van der Waals surface area contributed by atoms with Gasteiger partial charge in [-0.05, 0) is 57.2 Å². The molecule has 3 aromatic rings. The van der Waals surface area contributed by atoms with Crippen LogP contribution >= 0.6 is 0 Å². The molecule has 3 rings (SSSR count). The SMILES string of the molecule is CC[N+](CC)(CC)CCOc1ccc(-c2nc3ccccc3[nH]2)cc1. The second-order valence-corrected chi connectivity index (χ2v) is 6.49. The number of benzene rings is 2. The molecule has 0 aliphatic carbocycles. The average molecular weight is 338 g/mol. The van der Waals surface area contributed by atoms with E-state index in [9.17, 15) is 0 Å². The number of rotatable bonds is 8. The number of quaternary nitrogens is 1. The van der Waals surface area contributed by atoms with Crippen molar-refractivity contribution in [2.24, 2.45) is 0 Å². The molecular weight excluding hydrogens is 310 g/mol. The van der Waals surface area contributed by atoms with E-state index < -0.39 is 0 Å². The van der Waals surface area contributed by atoms with Gasteiger partial charge in [0.2, 0.25) is 0 Å². The highest BCUT2D eigenvalue weighted by molar-refractivity contribution is 5.79. The van der Waals surface area contributed by atoms with E-state index in [4.69, 9.17) is 4.74 Å². The Morgan fingerprint density at radius 3 is 2.24 bits per heavy atom. The minimum Gasteiger partial charge on any atom is -0.488 e. The van der Waals surface area contributed by atoms with Gasteiger partial charge in [-0.3, -0.25) is 0 Å². The first-order valence-corrected chi connectivity index (χ1v) is 9.22. The van der Waals surface area contributed by atoms with Crippen LogP contribution in [-0.2, 0) is 0 Å². The Hall–Kier alpha value is -2.33. The van der Waals surface area contributed by atoms with Crippen LogP contribution in [0.4, 0.5) is 0 Å². The third-order valence-electron chi connectivity index (χ3n) is 5.36. The lowest BCUT2D eigenvalue weighted by molar-refractivity contribution is -0.923. The van der Waals surface area contributed by atoms with Gasteiger partial charge >= 0.3 is 0 Å². The smallest absolute Gasteiger partial charge is 0.138 e.